The van der Waals surface area contributed by atoms with Gasteiger partial charge in [-0.25, -0.2) is 4.79 Å². The molecule has 1 fully saturated rings. The van der Waals surface area contributed by atoms with Gasteiger partial charge in [-0.2, -0.15) is 11.8 Å². The Labute approximate surface area is 111 Å². The Kier molecular flexibility index (Phi) is 4.16. The van der Waals surface area contributed by atoms with Crippen molar-refractivity contribution in [2.75, 3.05) is 18.6 Å². The van der Waals surface area contributed by atoms with E-state index >= 15 is 0 Å². The summed E-state index contributed by atoms with van der Waals surface area (Å²) in [5.74, 6) is 0.792. The van der Waals surface area contributed by atoms with Crippen LogP contribution >= 0.6 is 11.8 Å². The van der Waals surface area contributed by atoms with Crippen LogP contribution in [0.5, 0.6) is 0 Å². The number of aliphatic carboxylic acids is 1. The maximum atomic E-state index is 12.0. The Morgan fingerprint density at radius 2 is 2.22 bits per heavy atom. The van der Waals surface area contributed by atoms with Crippen molar-refractivity contribution in [1.82, 2.24) is 10.2 Å². The van der Waals surface area contributed by atoms with Gasteiger partial charge in [0.1, 0.15) is 0 Å². The molecule has 0 aromatic rings. The zero-order chi connectivity index (χ0) is 13.1. The number of thioether (sulfide) groups is 1. The molecule has 6 heteroatoms. The lowest BCUT2D eigenvalue weighted by atomic mass is 10.1. The largest absolute Gasteiger partial charge is 0.481 e. The van der Waals surface area contributed by atoms with E-state index in [1.165, 1.54) is 0 Å². The second-order valence-electron chi connectivity index (χ2n) is 4.75. The Morgan fingerprint density at radius 3 is 2.78 bits per heavy atom. The fourth-order valence-electron chi connectivity index (χ4n) is 2.24. The Balaban J connectivity index is 1.81. The first-order valence-corrected chi connectivity index (χ1v) is 7.25. The smallest absolute Gasteiger partial charge is 0.317 e. The normalized spacial score (nSPS) is 30.4. The minimum absolute atomic E-state index is 0.108. The number of carboxylic acid groups (broad SMARTS) is 1. The number of carbonyl (C=O) groups is 2. The quantitative estimate of drug-likeness (QED) is 0.755. The topological polar surface area (TPSA) is 69.6 Å². The number of hydrogen-bond donors (Lipinski definition) is 2. The molecule has 2 N–H and O–H groups in total. The van der Waals surface area contributed by atoms with Crippen molar-refractivity contribution >= 4 is 23.8 Å². The van der Waals surface area contributed by atoms with Crippen molar-refractivity contribution in [2.24, 2.45) is 5.92 Å². The molecule has 2 amide bonds. The predicted octanol–water partition coefficient (Wildman–Crippen LogP) is 1.16. The third-order valence-electron chi connectivity index (χ3n) is 3.48. The summed E-state index contributed by atoms with van der Waals surface area (Å²) in [5.41, 5.74) is 0. The Hall–Kier alpha value is -1.17. The summed E-state index contributed by atoms with van der Waals surface area (Å²) >= 11 is 1.86. The summed E-state index contributed by atoms with van der Waals surface area (Å²) < 4.78 is 0. The minimum atomic E-state index is -0.830. The van der Waals surface area contributed by atoms with E-state index < -0.39 is 11.9 Å². The maximum Gasteiger partial charge on any atom is 0.317 e. The highest BCUT2D eigenvalue weighted by Gasteiger charge is 2.28. The molecule has 1 heterocycles. The zero-order valence-corrected chi connectivity index (χ0v) is 11.2. The van der Waals surface area contributed by atoms with Gasteiger partial charge in [0.2, 0.25) is 0 Å². The number of hydrogen-bond acceptors (Lipinski definition) is 3. The Bertz CT molecular complexity index is 366. The van der Waals surface area contributed by atoms with Crippen LogP contribution in [0.1, 0.15) is 12.8 Å². The van der Waals surface area contributed by atoms with Crippen LogP contribution in [0.3, 0.4) is 0 Å². The predicted molar refractivity (Wildman–Crippen MR) is 70.7 cm³/mol. The summed E-state index contributed by atoms with van der Waals surface area (Å²) in [7, 11) is 1.80. The summed E-state index contributed by atoms with van der Waals surface area (Å²) in [4.78, 5) is 24.5. The number of rotatable bonds is 3. The molecule has 1 saturated heterocycles. The van der Waals surface area contributed by atoms with Crippen molar-refractivity contribution in [3.8, 4) is 0 Å². The van der Waals surface area contributed by atoms with Crippen LogP contribution in [0.4, 0.5) is 4.79 Å². The summed E-state index contributed by atoms with van der Waals surface area (Å²) in [6.45, 7) is 0. The van der Waals surface area contributed by atoms with E-state index in [1.807, 2.05) is 11.8 Å². The van der Waals surface area contributed by atoms with Crippen molar-refractivity contribution in [3.63, 3.8) is 0 Å². The average molecular weight is 270 g/mol. The SMILES string of the molecule is CN(C(=O)NC1C=CC(C(=O)O)C1)C1CCSC1. The van der Waals surface area contributed by atoms with E-state index in [9.17, 15) is 9.59 Å². The molecule has 5 nitrogen and oxygen atoms in total. The number of urea groups is 1. The van der Waals surface area contributed by atoms with E-state index in [2.05, 4.69) is 5.32 Å². The number of carbonyl (C=O) groups excluding carboxylic acids is 1. The highest BCUT2D eigenvalue weighted by Crippen LogP contribution is 2.22. The minimum Gasteiger partial charge on any atom is -0.481 e. The third-order valence-corrected chi connectivity index (χ3v) is 4.63. The van der Waals surface area contributed by atoms with E-state index in [1.54, 1.807) is 24.1 Å². The fraction of sp³-hybridized carbons (Fsp3) is 0.667. The number of amides is 2. The van der Waals surface area contributed by atoms with Gasteiger partial charge in [-0.3, -0.25) is 4.79 Å². The molecule has 0 saturated carbocycles. The van der Waals surface area contributed by atoms with Gasteiger partial charge in [-0.05, 0) is 18.6 Å². The van der Waals surface area contributed by atoms with Gasteiger partial charge in [-0.15, -0.1) is 0 Å². The van der Waals surface area contributed by atoms with Crippen molar-refractivity contribution < 1.29 is 14.7 Å². The van der Waals surface area contributed by atoms with Crippen LogP contribution in [0.25, 0.3) is 0 Å². The fourth-order valence-corrected chi connectivity index (χ4v) is 3.51. The van der Waals surface area contributed by atoms with Crippen molar-refractivity contribution in [2.45, 2.75) is 24.9 Å². The van der Waals surface area contributed by atoms with Gasteiger partial charge in [0, 0.05) is 18.8 Å². The molecule has 0 aromatic heterocycles. The second-order valence-corrected chi connectivity index (χ2v) is 5.90. The van der Waals surface area contributed by atoms with Gasteiger partial charge in [0.15, 0.2) is 0 Å². The summed E-state index contributed by atoms with van der Waals surface area (Å²) in [6, 6.07) is 0.0361. The van der Waals surface area contributed by atoms with Gasteiger partial charge < -0.3 is 15.3 Å². The molecule has 0 spiro atoms. The van der Waals surface area contributed by atoms with Gasteiger partial charge in [0.25, 0.3) is 0 Å². The van der Waals surface area contributed by atoms with E-state index in [-0.39, 0.29) is 12.1 Å². The second kappa shape index (κ2) is 5.65. The molecule has 3 atom stereocenters. The van der Waals surface area contributed by atoms with Crippen LogP contribution in [0.2, 0.25) is 0 Å². The molecular weight excluding hydrogens is 252 g/mol. The maximum absolute atomic E-state index is 12.0. The molecule has 1 aliphatic carbocycles. The van der Waals surface area contributed by atoms with Gasteiger partial charge in [-0.1, -0.05) is 12.2 Å². The zero-order valence-electron chi connectivity index (χ0n) is 10.3. The molecule has 0 bridgehead atoms. The number of nitrogens with one attached hydrogen (secondary N) is 1. The van der Waals surface area contributed by atoms with Crippen LogP contribution in [-0.2, 0) is 4.79 Å². The number of carboxylic acids is 1. The van der Waals surface area contributed by atoms with E-state index in [0.29, 0.717) is 12.5 Å². The van der Waals surface area contributed by atoms with E-state index in [4.69, 9.17) is 5.11 Å². The van der Waals surface area contributed by atoms with Crippen LogP contribution in [0.15, 0.2) is 12.2 Å². The highest BCUT2D eigenvalue weighted by molar-refractivity contribution is 7.99. The average Bonchev–Trinajstić information content (AvgIpc) is 2.98. The van der Waals surface area contributed by atoms with Crippen molar-refractivity contribution in [3.05, 3.63) is 12.2 Å². The molecule has 0 radical (unpaired) electrons. The summed E-state index contributed by atoms with van der Waals surface area (Å²) in [6.07, 6.45) is 4.91. The molecule has 1 aliphatic heterocycles. The molecule has 18 heavy (non-hydrogen) atoms. The monoisotopic (exact) mass is 270 g/mol. The molecule has 2 aliphatic rings. The molecule has 2 rings (SSSR count). The lowest BCUT2D eigenvalue weighted by Crippen LogP contribution is -2.46. The molecular formula is C12H18N2O3S. The van der Waals surface area contributed by atoms with Gasteiger partial charge in [0.05, 0.1) is 12.0 Å². The summed E-state index contributed by atoms with van der Waals surface area (Å²) in [5, 5.41) is 11.7. The molecule has 0 aromatic carbocycles. The lowest BCUT2D eigenvalue weighted by molar-refractivity contribution is -0.140. The third kappa shape index (κ3) is 2.98. The van der Waals surface area contributed by atoms with Crippen LogP contribution in [0, 0.1) is 5.92 Å². The Morgan fingerprint density at radius 1 is 1.44 bits per heavy atom. The standard InChI is InChI=1S/C12H18N2O3S/c1-14(10-4-5-18-7-10)12(17)13-9-3-2-8(6-9)11(15)16/h2-3,8-10H,4-7H2,1H3,(H,13,17)(H,15,16). The highest BCUT2D eigenvalue weighted by atomic mass is 32.2. The molecule has 3 unspecified atom stereocenters. The van der Waals surface area contributed by atoms with Gasteiger partial charge >= 0.3 is 12.0 Å². The first-order chi connectivity index (χ1) is 8.58. The van der Waals surface area contributed by atoms with E-state index in [0.717, 1.165) is 17.9 Å². The molecule has 100 valence electrons. The first-order valence-electron chi connectivity index (χ1n) is 6.10. The number of nitrogens with zero attached hydrogens (tertiary/aromatic N) is 1. The van der Waals surface area contributed by atoms with Crippen LogP contribution in [-0.4, -0.2) is 52.6 Å². The van der Waals surface area contributed by atoms with Crippen molar-refractivity contribution in [1.29, 1.82) is 0 Å². The first kappa shape index (κ1) is 13.3. The van der Waals surface area contributed by atoms with Crippen LogP contribution < -0.4 is 5.32 Å². The lowest BCUT2D eigenvalue weighted by Gasteiger charge is -2.25.